The number of hydrogen-bond acceptors (Lipinski definition) is 3. The fraction of sp³-hybridized carbons (Fsp3) is 0.417. The fourth-order valence-corrected chi connectivity index (χ4v) is 1.36. The first-order valence-electron chi connectivity index (χ1n) is 5.63. The van der Waals surface area contributed by atoms with Gasteiger partial charge < -0.3 is 15.8 Å². The van der Waals surface area contributed by atoms with Crippen molar-refractivity contribution in [1.29, 1.82) is 0 Å². The quantitative estimate of drug-likeness (QED) is 0.787. The lowest BCUT2D eigenvalue weighted by Gasteiger charge is -2.13. The van der Waals surface area contributed by atoms with Gasteiger partial charge in [0.25, 0.3) is 0 Å². The number of carbonyl (C=O) groups is 1. The van der Waals surface area contributed by atoms with E-state index >= 15 is 0 Å². The van der Waals surface area contributed by atoms with E-state index < -0.39 is 24.7 Å². The lowest BCUT2D eigenvalue weighted by Crippen LogP contribution is -2.36. The van der Waals surface area contributed by atoms with Crippen molar-refractivity contribution >= 4 is 18.3 Å². The molecule has 3 N–H and O–H groups in total. The van der Waals surface area contributed by atoms with E-state index in [0.717, 1.165) is 0 Å². The van der Waals surface area contributed by atoms with Gasteiger partial charge >= 0.3 is 6.18 Å². The molecule has 1 aromatic rings. The third-order valence-electron chi connectivity index (χ3n) is 2.25. The Hall–Kier alpha value is -1.31. The lowest BCUT2D eigenvalue weighted by atomic mass is 10.1. The largest absolute Gasteiger partial charge is 0.411 e. The molecule has 1 atom stereocenters. The van der Waals surface area contributed by atoms with Crippen molar-refractivity contribution in [3.8, 4) is 0 Å². The number of amides is 1. The van der Waals surface area contributed by atoms with E-state index in [1.807, 2.05) is 0 Å². The number of halogens is 4. The van der Waals surface area contributed by atoms with Crippen LogP contribution >= 0.6 is 12.4 Å². The number of nitrogens with one attached hydrogen (secondary N) is 1. The van der Waals surface area contributed by atoms with Crippen LogP contribution in [0.1, 0.15) is 11.6 Å². The molecular weight excluding hydrogens is 297 g/mol. The summed E-state index contributed by atoms with van der Waals surface area (Å²) in [6.07, 6.45) is -4.36. The van der Waals surface area contributed by atoms with Crippen molar-refractivity contribution in [1.82, 2.24) is 5.32 Å². The molecule has 1 unspecified atom stereocenters. The topological polar surface area (TPSA) is 64.4 Å². The van der Waals surface area contributed by atoms with Gasteiger partial charge in [-0.2, -0.15) is 13.2 Å². The zero-order valence-electron chi connectivity index (χ0n) is 10.5. The molecule has 0 saturated heterocycles. The van der Waals surface area contributed by atoms with Gasteiger partial charge in [0.05, 0.1) is 6.61 Å². The summed E-state index contributed by atoms with van der Waals surface area (Å²) in [6, 6.07) is 7.83. The molecular formula is C12H16ClF3N2O2. The van der Waals surface area contributed by atoms with Gasteiger partial charge in [0, 0.05) is 6.54 Å². The molecule has 0 saturated carbocycles. The normalized spacial score (nSPS) is 12.4. The minimum Gasteiger partial charge on any atom is -0.370 e. The molecule has 0 aliphatic heterocycles. The van der Waals surface area contributed by atoms with E-state index in [9.17, 15) is 18.0 Å². The second kappa shape index (κ2) is 8.78. The van der Waals surface area contributed by atoms with Crippen molar-refractivity contribution < 1.29 is 22.7 Å². The molecule has 1 aromatic carbocycles. The van der Waals surface area contributed by atoms with Gasteiger partial charge in [0.2, 0.25) is 5.91 Å². The van der Waals surface area contributed by atoms with Crippen molar-refractivity contribution in [2.24, 2.45) is 5.73 Å². The van der Waals surface area contributed by atoms with Crippen LogP contribution < -0.4 is 11.1 Å². The van der Waals surface area contributed by atoms with Gasteiger partial charge in [-0.3, -0.25) is 4.79 Å². The SMILES string of the molecule is Cl.NC(C(=O)NCCOCC(F)(F)F)c1ccccc1. The molecule has 4 nitrogen and oxygen atoms in total. The Morgan fingerprint density at radius 3 is 2.45 bits per heavy atom. The average molecular weight is 313 g/mol. The predicted octanol–water partition coefficient (Wildman–Crippen LogP) is 1.80. The standard InChI is InChI=1S/C12H15F3N2O2.ClH/c13-12(14,15)8-19-7-6-17-11(18)10(16)9-4-2-1-3-5-9;/h1-5,10H,6-8,16H2,(H,17,18);1H. The number of alkyl halides is 3. The third-order valence-corrected chi connectivity index (χ3v) is 2.25. The molecule has 0 radical (unpaired) electrons. The Balaban J connectivity index is 0.00000361. The first-order chi connectivity index (χ1) is 8.90. The van der Waals surface area contributed by atoms with Crippen LogP contribution in [0.2, 0.25) is 0 Å². The van der Waals surface area contributed by atoms with Gasteiger partial charge in [-0.1, -0.05) is 30.3 Å². The zero-order valence-corrected chi connectivity index (χ0v) is 11.3. The molecule has 0 fully saturated rings. The molecule has 1 amide bonds. The smallest absolute Gasteiger partial charge is 0.370 e. The lowest BCUT2D eigenvalue weighted by molar-refractivity contribution is -0.173. The van der Waals surface area contributed by atoms with Gasteiger partial charge in [0.15, 0.2) is 0 Å². The van der Waals surface area contributed by atoms with Crippen LogP contribution in [-0.2, 0) is 9.53 Å². The average Bonchev–Trinajstić information content (AvgIpc) is 2.37. The van der Waals surface area contributed by atoms with Gasteiger partial charge in [-0.25, -0.2) is 0 Å². The summed E-state index contributed by atoms with van der Waals surface area (Å²) in [5, 5.41) is 2.41. The predicted molar refractivity (Wildman–Crippen MR) is 70.5 cm³/mol. The number of carbonyl (C=O) groups excluding carboxylic acids is 1. The molecule has 114 valence electrons. The van der Waals surface area contributed by atoms with Crippen LogP contribution in [0.4, 0.5) is 13.2 Å². The highest BCUT2D eigenvalue weighted by Gasteiger charge is 2.27. The van der Waals surface area contributed by atoms with Crippen LogP contribution in [0.3, 0.4) is 0 Å². The number of hydrogen-bond donors (Lipinski definition) is 2. The number of nitrogens with two attached hydrogens (primary N) is 1. The van der Waals surface area contributed by atoms with E-state index in [0.29, 0.717) is 5.56 Å². The first kappa shape index (κ1) is 18.7. The third kappa shape index (κ3) is 7.32. The van der Waals surface area contributed by atoms with Gasteiger partial charge in [-0.15, -0.1) is 12.4 Å². The summed E-state index contributed by atoms with van der Waals surface area (Å²) in [7, 11) is 0. The van der Waals surface area contributed by atoms with E-state index in [4.69, 9.17) is 5.73 Å². The molecule has 20 heavy (non-hydrogen) atoms. The monoisotopic (exact) mass is 312 g/mol. The second-order valence-corrected chi connectivity index (χ2v) is 3.85. The van der Waals surface area contributed by atoms with Gasteiger partial charge in [0.1, 0.15) is 12.6 Å². The van der Waals surface area contributed by atoms with Crippen LogP contribution in [0, 0.1) is 0 Å². The van der Waals surface area contributed by atoms with Crippen LogP contribution in [0.15, 0.2) is 30.3 Å². The van der Waals surface area contributed by atoms with Crippen LogP contribution in [-0.4, -0.2) is 31.8 Å². The number of rotatable bonds is 6. The van der Waals surface area contributed by atoms with E-state index in [1.54, 1.807) is 30.3 Å². The summed E-state index contributed by atoms with van der Waals surface area (Å²) in [5.74, 6) is -0.457. The summed E-state index contributed by atoms with van der Waals surface area (Å²) in [6.45, 7) is -1.56. The van der Waals surface area contributed by atoms with Crippen molar-refractivity contribution in [2.45, 2.75) is 12.2 Å². The van der Waals surface area contributed by atoms with Crippen molar-refractivity contribution in [3.63, 3.8) is 0 Å². The van der Waals surface area contributed by atoms with Crippen molar-refractivity contribution in [3.05, 3.63) is 35.9 Å². The molecule has 0 aliphatic rings. The van der Waals surface area contributed by atoms with Crippen LogP contribution in [0.25, 0.3) is 0 Å². The Morgan fingerprint density at radius 2 is 1.90 bits per heavy atom. The summed E-state index contributed by atoms with van der Waals surface area (Å²) >= 11 is 0. The maximum atomic E-state index is 11.8. The summed E-state index contributed by atoms with van der Waals surface area (Å²) in [4.78, 5) is 11.6. The van der Waals surface area contributed by atoms with E-state index in [2.05, 4.69) is 10.1 Å². The number of ether oxygens (including phenoxy) is 1. The highest BCUT2D eigenvalue weighted by molar-refractivity contribution is 5.85. The Morgan fingerprint density at radius 1 is 1.30 bits per heavy atom. The second-order valence-electron chi connectivity index (χ2n) is 3.85. The van der Waals surface area contributed by atoms with E-state index in [1.165, 1.54) is 0 Å². The summed E-state index contributed by atoms with van der Waals surface area (Å²) in [5.41, 5.74) is 6.33. The molecule has 0 spiro atoms. The Bertz CT molecular complexity index is 401. The Labute approximate surface area is 120 Å². The van der Waals surface area contributed by atoms with Crippen LogP contribution in [0.5, 0.6) is 0 Å². The maximum absolute atomic E-state index is 11.8. The van der Waals surface area contributed by atoms with Crippen molar-refractivity contribution in [2.75, 3.05) is 19.8 Å². The minimum atomic E-state index is -4.36. The minimum absolute atomic E-state index is 0. The molecule has 0 aromatic heterocycles. The Kier molecular flexibility index (Phi) is 8.21. The first-order valence-corrected chi connectivity index (χ1v) is 5.63. The molecule has 8 heteroatoms. The molecule has 0 bridgehead atoms. The van der Waals surface area contributed by atoms with Gasteiger partial charge in [-0.05, 0) is 5.56 Å². The highest BCUT2D eigenvalue weighted by atomic mass is 35.5. The molecule has 1 rings (SSSR count). The molecule has 0 heterocycles. The van der Waals surface area contributed by atoms with E-state index in [-0.39, 0.29) is 25.6 Å². The fourth-order valence-electron chi connectivity index (χ4n) is 1.36. The summed E-state index contributed by atoms with van der Waals surface area (Å²) < 4.78 is 39.6. The zero-order chi connectivity index (χ0) is 14.3. The maximum Gasteiger partial charge on any atom is 0.411 e. The molecule has 0 aliphatic carbocycles. The number of benzene rings is 1. The highest BCUT2D eigenvalue weighted by Crippen LogP contribution is 2.14.